The van der Waals surface area contributed by atoms with Crippen molar-refractivity contribution < 1.29 is 4.74 Å². The average molecular weight is 272 g/mol. The maximum atomic E-state index is 8.81. The summed E-state index contributed by atoms with van der Waals surface area (Å²) in [6, 6.07) is 8.13. The molecular weight excluding hydrogens is 252 g/mol. The largest absolute Gasteiger partial charge is 0.494 e. The summed E-state index contributed by atoms with van der Waals surface area (Å²) in [7, 11) is 4.03. The normalized spacial score (nSPS) is 10.9. The summed E-state index contributed by atoms with van der Waals surface area (Å²) in [6.07, 6.45) is 0.485. The van der Waals surface area contributed by atoms with Gasteiger partial charge in [-0.25, -0.2) is 4.98 Å². The minimum Gasteiger partial charge on any atom is -0.494 e. The minimum atomic E-state index is 0.485. The molecule has 2 rings (SSSR count). The third-order valence-electron chi connectivity index (χ3n) is 3.01. The molecule has 0 saturated heterocycles. The van der Waals surface area contributed by atoms with Gasteiger partial charge in [0.1, 0.15) is 11.6 Å². The lowest BCUT2D eigenvalue weighted by Crippen LogP contribution is -2.15. The molecule has 106 valence electrons. The van der Waals surface area contributed by atoms with E-state index in [4.69, 9.17) is 10.00 Å². The van der Waals surface area contributed by atoms with E-state index in [0.717, 1.165) is 29.2 Å². The van der Waals surface area contributed by atoms with Crippen molar-refractivity contribution in [1.82, 2.24) is 14.5 Å². The number of hydrogen-bond acceptors (Lipinski definition) is 4. The highest BCUT2D eigenvalue weighted by Gasteiger charge is 2.12. The number of ether oxygens (including phenoxy) is 1. The fourth-order valence-electron chi connectivity index (χ4n) is 2.23. The number of fused-ring (bicyclic) bond motifs is 1. The Morgan fingerprint density at radius 3 is 2.85 bits per heavy atom. The molecule has 0 saturated carbocycles. The van der Waals surface area contributed by atoms with Crippen LogP contribution in [0, 0.1) is 11.3 Å². The predicted octanol–water partition coefficient (Wildman–Crippen LogP) is 2.41. The van der Waals surface area contributed by atoms with Crippen LogP contribution in [0.4, 0.5) is 0 Å². The van der Waals surface area contributed by atoms with E-state index >= 15 is 0 Å². The number of nitrogens with zero attached hydrogens (tertiary/aromatic N) is 4. The molecule has 0 N–H and O–H groups in total. The van der Waals surface area contributed by atoms with E-state index < -0.39 is 0 Å². The maximum absolute atomic E-state index is 8.81. The number of rotatable bonds is 6. The molecule has 0 unspecified atom stereocenters. The van der Waals surface area contributed by atoms with E-state index in [1.165, 1.54) is 0 Å². The van der Waals surface area contributed by atoms with Crippen LogP contribution < -0.4 is 4.74 Å². The van der Waals surface area contributed by atoms with Crippen molar-refractivity contribution in [2.45, 2.75) is 26.4 Å². The molecule has 5 nitrogen and oxygen atoms in total. The molecule has 0 aliphatic carbocycles. The topological polar surface area (TPSA) is 54.1 Å². The van der Waals surface area contributed by atoms with Crippen molar-refractivity contribution in [3.8, 4) is 11.8 Å². The number of aromatic nitrogens is 2. The van der Waals surface area contributed by atoms with Gasteiger partial charge in [0.25, 0.3) is 0 Å². The second-order valence-corrected chi connectivity index (χ2v) is 4.91. The van der Waals surface area contributed by atoms with Gasteiger partial charge in [0, 0.05) is 12.6 Å². The van der Waals surface area contributed by atoms with E-state index in [1.807, 2.05) is 39.2 Å². The summed E-state index contributed by atoms with van der Waals surface area (Å²) in [5.41, 5.74) is 1.98. The third kappa shape index (κ3) is 3.09. The molecular formula is C15H20N4O. The molecule has 0 aliphatic heterocycles. The summed E-state index contributed by atoms with van der Waals surface area (Å²) in [5.74, 6) is 1.82. The Balaban J connectivity index is 2.44. The number of imidazole rings is 1. The summed E-state index contributed by atoms with van der Waals surface area (Å²) in [5, 5.41) is 8.81. The fourth-order valence-corrected chi connectivity index (χ4v) is 2.23. The summed E-state index contributed by atoms with van der Waals surface area (Å²) in [4.78, 5) is 6.76. The zero-order valence-corrected chi connectivity index (χ0v) is 12.3. The van der Waals surface area contributed by atoms with Crippen LogP contribution in [-0.4, -0.2) is 35.2 Å². The van der Waals surface area contributed by atoms with Gasteiger partial charge < -0.3 is 14.2 Å². The monoisotopic (exact) mass is 272 g/mol. The first-order valence-corrected chi connectivity index (χ1v) is 6.79. The molecule has 1 aromatic carbocycles. The Hall–Kier alpha value is -2.06. The van der Waals surface area contributed by atoms with Gasteiger partial charge in [-0.3, -0.25) is 0 Å². The van der Waals surface area contributed by atoms with Crippen molar-refractivity contribution in [1.29, 1.82) is 5.26 Å². The van der Waals surface area contributed by atoms with Gasteiger partial charge in [-0.05, 0) is 33.2 Å². The Labute approximate surface area is 119 Å². The highest BCUT2D eigenvalue weighted by Crippen LogP contribution is 2.23. The van der Waals surface area contributed by atoms with Gasteiger partial charge >= 0.3 is 0 Å². The van der Waals surface area contributed by atoms with Gasteiger partial charge in [0.2, 0.25) is 0 Å². The zero-order valence-electron chi connectivity index (χ0n) is 12.3. The minimum absolute atomic E-state index is 0.485. The number of nitriles is 1. The van der Waals surface area contributed by atoms with Gasteiger partial charge in [-0.1, -0.05) is 0 Å². The van der Waals surface area contributed by atoms with Crippen LogP contribution >= 0.6 is 0 Å². The van der Waals surface area contributed by atoms with Gasteiger partial charge in [0.15, 0.2) is 0 Å². The fraction of sp³-hybridized carbons (Fsp3) is 0.467. The molecule has 0 radical (unpaired) electrons. The molecule has 0 bridgehead atoms. The summed E-state index contributed by atoms with van der Waals surface area (Å²) < 4.78 is 7.63. The molecule has 0 aliphatic rings. The van der Waals surface area contributed by atoms with Crippen LogP contribution in [0.3, 0.4) is 0 Å². The van der Waals surface area contributed by atoms with Crippen LogP contribution in [0.1, 0.15) is 19.2 Å². The zero-order chi connectivity index (χ0) is 14.5. The maximum Gasteiger partial charge on any atom is 0.124 e. The SMILES string of the molecule is CCOc1ccc2c(c1)nc(CN(C)C)n2CCC#N. The van der Waals surface area contributed by atoms with Crippen molar-refractivity contribution in [3.63, 3.8) is 0 Å². The molecule has 0 amide bonds. The third-order valence-corrected chi connectivity index (χ3v) is 3.01. The van der Waals surface area contributed by atoms with Crippen molar-refractivity contribution >= 4 is 11.0 Å². The molecule has 20 heavy (non-hydrogen) atoms. The molecule has 1 aromatic heterocycles. The van der Waals surface area contributed by atoms with E-state index in [-0.39, 0.29) is 0 Å². The van der Waals surface area contributed by atoms with Crippen molar-refractivity contribution in [3.05, 3.63) is 24.0 Å². The summed E-state index contributed by atoms with van der Waals surface area (Å²) >= 11 is 0. The molecule has 0 atom stereocenters. The van der Waals surface area contributed by atoms with Crippen molar-refractivity contribution in [2.24, 2.45) is 0 Å². The van der Waals surface area contributed by atoms with Crippen molar-refractivity contribution in [2.75, 3.05) is 20.7 Å². The van der Waals surface area contributed by atoms with Crippen LogP contribution in [0.15, 0.2) is 18.2 Å². The predicted molar refractivity (Wildman–Crippen MR) is 78.5 cm³/mol. The van der Waals surface area contributed by atoms with E-state index in [0.29, 0.717) is 19.6 Å². The first-order valence-electron chi connectivity index (χ1n) is 6.79. The van der Waals surface area contributed by atoms with Gasteiger partial charge in [0.05, 0.1) is 36.7 Å². The first-order chi connectivity index (χ1) is 9.65. The van der Waals surface area contributed by atoms with Crippen LogP contribution in [-0.2, 0) is 13.1 Å². The van der Waals surface area contributed by atoms with Crippen LogP contribution in [0.2, 0.25) is 0 Å². The van der Waals surface area contributed by atoms with E-state index in [9.17, 15) is 0 Å². The quantitative estimate of drug-likeness (QED) is 0.810. The Morgan fingerprint density at radius 2 is 2.20 bits per heavy atom. The van der Waals surface area contributed by atoms with E-state index in [2.05, 4.69) is 20.5 Å². The average Bonchev–Trinajstić information content (AvgIpc) is 2.72. The van der Waals surface area contributed by atoms with Gasteiger partial charge in [-0.2, -0.15) is 5.26 Å². The molecule has 2 aromatic rings. The lowest BCUT2D eigenvalue weighted by atomic mass is 10.3. The van der Waals surface area contributed by atoms with Gasteiger partial charge in [-0.15, -0.1) is 0 Å². The highest BCUT2D eigenvalue weighted by atomic mass is 16.5. The molecule has 5 heteroatoms. The smallest absolute Gasteiger partial charge is 0.124 e. The second-order valence-electron chi connectivity index (χ2n) is 4.91. The Bertz CT molecular complexity index is 625. The Kier molecular flexibility index (Phi) is 4.59. The van der Waals surface area contributed by atoms with E-state index in [1.54, 1.807) is 0 Å². The number of benzene rings is 1. The molecule has 1 heterocycles. The van der Waals surface area contributed by atoms with Crippen LogP contribution in [0.5, 0.6) is 5.75 Å². The number of aryl methyl sites for hydroxylation is 1. The lowest BCUT2D eigenvalue weighted by Gasteiger charge is -2.11. The standard InChI is InChI=1S/C15H20N4O/c1-4-20-12-6-7-14-13(10-12)17-15(11-18(2)3)19(14)9-5-8-16/h6-7,10H,4-5,9,11H2,1-3H3. The highest BCUT2D eigenvalue weighted by molar-refractivity contribution is 5.77. The molecule has 0 spiro atoms. The Morgan fingerprint density at radius 1 is 1.40 bits per heavy atom. The molecule has 0 fully saturated rings. The first kappa shape index (κ1) is 14.4. The lowest BCUT2D eigenvalue weighted by molar-refractivity contribution is 0.340. The second kappa shape index (κ2) is 6.40. The summed E-state index contributed by atoms with van der Waals surface area (Å²) in [6.45, 7) is 4.03. The van der Waals surface area contributed by atoms with Crippen LogP contribution in [0.25, 0.3) is 11.0 Å². The number of hydrogen-bond donors (Lipinski definition) is 0.